The second kappa shape index (κ2) is 5.14. The molecule has 2 rings (SSSR count). The molecule has 0 aromatic carbocycles. The number of nitrogens with one attached hydrogen (secondary N) is 1. The molecule has 0 aliphatic carbocycles. The Morgan fingerprint density at radius 3 is 2.39 bits per heavy atom. The van der Waals surface area contributed by atoms with Crippen molar-refractivity contribution in [3.05, 3.63) is 39.6 Å². The van der Waals surface area contributed by atoms with Crippen LogP contribution in [0.5, 0.6) is 0 Å². The molecule has 0 saturated carbocycles. The summed E-state index contributed by atoms with van der Waals surface area (Å²) in [5, 5.41) is 3.15. The van der Waals surface area contributed by atoms with Gasteiger partial charge < -0.3 is 9.88 Å². The Morgan fingerprint density at radius 2 is 1.89 bits per heavy atom. The lowest BCUT2D eigenvalue weighted by molar-refractivity contribution is 0.101. The fraction of sp³-hybridized carbons (Fsp3) is 0.100. The number of nitrogens with zero attached hydrogens (tertiary/aromatic N) is 3. The maximum absolute atomic E-state index is 12.0. The Bertz CT molecular complexity index is 591. The number of aryl methyl sites for hydroxylation is 1. The molecule has 0 radical (unpaired) electrons. The SMILES string of the molecule is Cn1cc(Cl)cc1C(=O)Nc1c(Cl)ncnc1Cl. The Balaban J connectivity index is 2.30. The van der Waals surface area contributed by atoms with Crippen LogP contribution in [0.25, 0.3) is 0 Å². The molecule has 0 bridgehead atoms. The molecule has 1 N–H and O–H groups in total. The van der Waals surface area contributed by atoms with Crippen LogP contribution in [0, 0.1) is 0 Å². The zero-order valence-electron chi connectivity index (χ0n) is 9.12. The quantitative estimate of drug-likeness (QED) is 0.868. The molecule has 0 fully saturated rings. The first kappa shape index (κ1) is 13.1. The van der Waals surface area contributed by atoms with Crippen molar-refractivity contribution in [1.29, 1.82) is 0 Å². The number of amides is 1. The molecule has 94 valence electrons. The van der Waals surface area contributed by atoms with E-state index < -0.39 is 5.91 Å². The van der Waals surface area contributed by atoms with E-state index in [9.17, 15) is 4.79 Å². The number of anilines is 1. The Hall–Kier alpha value is -1.30. The van der Waals surface area contributed by atoms with Crippen molar-refractivity contribution in [2.45, 2.75) is 0 Å². The van der Waals surface area contributed by atoms with Crippen LogP contribution in [0.4, 0.5) is 5.69 Å². The molecule has 2 aromatic heterocycles. The number of hydrogen-bond donors (Lipinski definition) is 1. The van der Waals surface area contributed by atoms with Gasteiger partial charge in [-0.25, -0.2) is 9.97 Å². The molecule has 0 atom stereocenters. The average Bonchev–Trinajstić information content (AvgIpc) is 2.63. The van der Waals surface area contributed by atoms with E-state index in [1.165, 1.54) is 12.4 Å². The van der Waals surface area contributed by atoms with Crippen molar-refractivity contribution in [3.63, 3.8) is 0 Å². The molecule has 1 amide bonds. The van der Waals surface area contributed by atoms with Gasteiger partial charge in [-0.15, -0.1) is 0 Å². The van der Waals surface area contributed by atoms with Crippen molar-refractivity contribution >= 4 is 46.4 Å². The normalized spacial score (nSPS) is 10.4. The fourth-order valence-corrected chi connectivity index (χ4v) is 2.03. The van der Waals surface area contributed by atoms with Crippen molar-refractivity contribution in [2.75, 3.05) is 5.32 Å². The van der Waals surface area contributed by atoms with E-state index in [0.717, 1.165) is 0 Å². The van der Waals surface area contributed by atoms with Crippen LogP contribution in [-0.4, -0.2) is 20.4 Å². The topological polar surface area (TPSA) is 59.8 Å². The molecule has 0 unspecified atom stereocenters. The first-order chi connectivity index (χ1) is 8.49. The zero-order chi connectivity index (χ0) is 13.3. The van der Waals surface area contributed by atoms with Gasteiger partial charge in [0.25, 0.3) is 5.91 Å². The largest absolute Gasteiger partial charge is 0.345 e. The third kappa shape index (κ3) is 2.58. The minimum Gasteiger partial charge on any atom is -0.345 e. The zero-order valence-corrected chi connectivity index (χ0v) is 11.4. The van der Waals surface area contributed by atoms with Crippen LogP contribution in [-0.2, 0) is 7.05 Å². The third-order valence-corrected chi connectivity index (χ3v) is 2.98. The lowest BCUT2D eigenvalue weighted by atomic mass is 10.4. The predicted molar refractivity (Wildman–Crippen MR) is 70.4 cm³/mol. The van der Waals surface area contributed by atoms with Gasteiger partial charge in [0.1, 0.15) is 17.7 Å². The van der Waals surface area contributed by atoms with Crippen LogP contribution in [0.1, 0.15) is 10.5 Å². The lowest BCUT2D eigenvalue weighted by Gasteiger charge is -2.07. The van der Waals surface area contributed by atoms with E-state index in [-0.39, 0.29) is 16.0 Å². The number of carbonyl (C=O) groups excluding carboxylic acids is 1. The molecular formula is C10H7Cl3N4O. The first-order valence-corrected chi connectivity index (χ1v) is 5.91. The number of carbonyl (C=O) groups is 1. The summed E-state index contributed by atoms with van der Waals surface area (Å²) in [5.74, 6) is -0.400. The molecule has 18 heavy (non-hydrogen) atoms. The number of aromatic nitrogens is 3. The second-order valence-electron chi connectivity index (χ2n) is 3.44. The molecular weight excluding hydrogens is 298 g/mol. The Morgan fingerprint density at radius 1 is 1.28 bits per heavy atom. The number of rotatable bonds is 2. The molecule has 0 saturated heterocycles. The van der Waals surface area contributed by atoms with Gasteiger partial charge in [0.05, 0.1) is 5.02 Å². The van der Waals surface area contributed by atoms with Crippen LogP contribution in [0.2, 0.25) is 15.3 Å². The second-order valence-corrected chi connectivity index (χ2v) is 4.59. The van der Waals surface area contributed by atoms with Crippen molar-refractivity contribution < 1.29 is 4.79 Å². The fourth-order valence-electron chi connectivity index (χ4n) is 1.38. The highest BCUT2D eigenvalue weighted by Crippen LogP contribution is 2.26. The maximum atomic E-state index is 12.0. The summed E-state index contributed by atoms with van der Waals surface area (Å²) in [6.07, 6.45) is 2.82. The van der Waals surface area contributed by atoms with E-state index in [4.69, 9.17) is 34.8 Å². The van der Waals surface area contributed by atoms with Gasteiger partial charge in [-0.3, -0.25) is 4.79 Å². The van der Waals surface area contributed by atoms with Gasteiger partial charge in [-0.05, 0) is 6.07 Å². The van der Waals surface area contributed by atoms with E-state index in [2.05, 4.69) is 15.3 Å². The highest BCUT2D eigenvalue weighted by atomic mass is 35.5. The first-order valence-electron chi connectivity index (χ1n) is 4.78. The Kier molecular flexibility index (Phi) is 3.75. The van der Waals surface area contributed by atoms with Crippen LogP contribution in [0.15, 0.2) is 18.6 Å². The van der Waals surface area contributed by atoms with Crippen molar-refractivity contribution in [2.24, 2.45) is 7.05 Å². The van der Waals surface area contributed by atoms with Gasteiger partial charge in [-0.1, -0.05) is 34.8 Å². The van der Waals surface area contributed by atoms with E-state index in [1.54, 1.807) is 17.8 Å². The highest BCUT2D eigenvalue weighted by molar-refractivity contribution is 6.38. The van der Waals surface area contributed by atoms with Crippen molar-refractivity contribution in [1.82, 2.24) is 14.5 Å². The minimum atomic E-state index is -0.400. The minimum absolute atomic E-state index is 0.0728. The van der Waals surface area contributed by atoms with E-state index in [1.807, 2.05) is 0 Å². The maximum Gasteiger partial charge on any atom is 0.272 e. The van der Waals surface area contributed by atoms with Gasteiger partial charge in [0, 0.05) is 13.2 Å². The molecule has 8 heteroatoms. The van der Waals surface area contributed by atoms with E-state index in [0.29, 0.717) is 10.7 Å². The third-order valence-electron chi connectivity index (χ3n) is 2.20. The molecule has 0 spiro atoms. The van der Waals surface area contributed by atoms with Gasteiger partial charge in [0.15, 0.2) is 10.3 Å². The predicted octanol–water partition coefficient (Wildman–Crippen LogP) is 3.03. The van der Waals surface area contributed by atoms with Gasteiger partial charge >= 0.3 is 0 Å². The summed E-state index contributed by atoms with van der Waals surface area (Å²) in [5.41, 5.74) is 0.541. The van der Waals surface area contributed by atoms with Gasteiger partial charge in [-0.2, -0.15) is 0 Å². The summed E-state index contributed by atoms with van der Waals surface area (Å²) < 4.78 is 1.59. The van der Waals surface area contributed by atoms with Crippen molar-refractivity contribution in [3.8, 4) is 0 Å². The van der Waals surface area contributed by atoms with E-state index >= 15 is 0 Å². The molecule has 2 heterocycles. The smallest absolute Gasteiger partial charge is 0.272 e. The molecule has 2 aromatic rings. The summed E-state index contributed by atoms with van der Waals surface area (Å²) in [6, 6.07) is 1.53. The summed E-state index contributed by atoms with van der Waals surface area (Å²) in [4.78, 5) is 19.5. The summed E-state index contributed by atoms with van der Waals surface area (Å²) in [7, 11) is 1.70. The number of hydrogen-bond acceptors (Lipinski definition) is 3. The monoisotopic (exact) mass is 304 g/mol. The summed E-state index contributed by atoms with van der Waals surface area (Å²) >= 11 is 17.4. The summed E-state index contributed by atoms with van der Waals surface area (Å²) in [6.45, 7) is 0. The Labute approximate surface area is 118 Å². The molecule has 0 aliphatic heterocycles. The molecule has 0 aliphatic rings. The lowest BCUT2D eigenvalue weighted by Crippen LogP contribution is -2.16. The van der Waals surface area contributed by atoms with Crippen LogP contribution < -0.4 is 5.32 Å². The average molecular weight is 306 g/mol. The van der Waals surface area contributed by atoms with Crippen LogP contribution >= 0.6 is 34.8 Å². The standard InChI is InChI=1S/C10H7Cl3N4O/c1-17-3-5(11)2-6(17)10(18)16-7-8(12)14-4-15-9(7)13/h2-4H,1H3,(H,16,18). The van der Waals surface area contributed by atoms with Crippen LogP contribution in [0.3, 0.4) is 0 Å². The number of halogens is 3. The highest BCUT2D eigenvalue weighted by Gasteiger charge is 2.16. The van der Waals surface area contributed by atoms with Gasteiger partial charge in [0.2, 0.25) is 0 Å². The molecule has 5 nitrogen and oxygen atoms in total.